The Bertz CT molecular complexity index is 611. The largest absolute Gasteiger partial charge is 0.344 e. The van der Waals surface area contributed by atoms with Gasteiger partial charge in [-0.1, -0.05) is 25.9 Å². The van der Waals surface area contributed by atoms with Crippen LogP contribution in [0.3, 0.4) is 0 Å². The Morgan fingerprint density at radius 2 is 2.18 bits per heavy atom. The van der Waals surface area contributed by atoms with E-state index in [0.717, 1.165) is 5.56 Å². The first-order valence-electron chi connectivity index (χ1n) is 7.27. The molecule has 1 amide bonds. The number of carbonyl (C=O) groups excluding carboxylic acids is 1. The van der Waals surface area contributed by atoms with Crippen LogP contribution in [0.2, 0.25) is 0 Å². The highest BCUT2D eigenvalue weighted by atomic mass is 16.5. The fourth-order valence-corrected chi connectivity index (χ4v) is 1.89. The normalized spacial score (nSPS) is 13.9. The van der Waals surface area contributed by atoms with Gasteiger partial charge in [-0.15, -0.1) is 0 Å². The summed E-state index contributed by atoms with van der Waals surface area (Å²) in [5, 5.41) is 6.88. The lowest BCUT2D eigenvalue weighted by atomic mass is 10.0. The van der Waals surface area contributed by atoms with Gasteiger partial charge in [-0.05, 0) is 18.1 Å². The number of pyridine rings is 1. The summed E-state index contributed by atoms with van der Waals surface area (Å²) in [5.74, 6) is 0.557. The zero-order chi connectivity index (χ0) is 16.1. The Labute approximate surface area is 129 Å². The highest BCUT2D eigenvalue weighted by Gasteiger charge is 2.26. The van der Waals surface area contributed by atoms with E-state index in [0.29, 0.717) is 18.3 Å². The second-order valence-corrected chi connectivity index (χ2v) is 5.56. The van der Waals surface area contributed by atoms with Gasteiger partial charge in [-0.2, -0.15) is 4.98 Å². The summed E-state index contributed by atoms with van der Waals surface area (Å²) >= 11 is 0. The third-order valence-corrected chi connectivity index (χ3v) is 3.39. The van der Waals surface area contributed by atoms with E-state index in [1.165, 1.54) is 0 Å². The summed E-state index contributed by atoms with van der Waals surface area (Å²) < 4.78 is 5.32. The van der Waals surface area contributed by atoms with Crippen molar-refractivity contribution in [1.29, 1.82) is 0 Å². The molecule has 3 N–H and O–H groups in total. The van der Waals surface area contributed by atoms with Crippen molar-refractivity contribution in [3.05, 3.63) is 30.4 Å². The number of aromatic nitrogens is 3. The van der Waals surface area contributed by atoms with Crippen molar-refractivity contribution in [2.45, 2.75) is 26.8 Å². The Morgan fingerprint density at radius 1 is 1.41 bits per heavy atom. The van der Waals surface area contributed by atoms with Crippen LogP contribution in [-0.4, -0.2) is 27.6 Å². The van der Waals surface area contributed by atoms with Crippen molar-refractivity contribution in [3.63, 3.8) is 0 Å². The average molecular weight is 303 g/mol. The Morgan fingerprint density at radius 3 is 2.77 bits per heavy atom. The molecular weight excluding hydrogens is 282 g/mol. The summed E-state index contributed by atoms with van der Waals surface area (Å²) in [7, 11) is 0. The molecule has 2 rings (SSSR count). The summed E-state index contributed by atoms with van der Waals surface area (Å²) in [6.45, 7) is 6.03. The first kappa shape index (κ1) is 16.1. The van der Waals surface area contributed by atoms with Crippen LogP contribution in [0.4, 0.5) is 0 Å². The van der Waals surface area contributed by atoms with Gasteiger partial charge in [0.2, 0.25) is 17.6 Å². The van der Waals surface area contributed by atoms with E-state index in [1.807, 2.05) is 19.9 Å². The molecule has 0 aliphatic carbocycles. The number of hydrogen-bond acceptors (Lipinski definition) is 6. The molecule has 7 nitrogen and oxygen atoms in total. The maximum atomic E-state index is 12.0. The molecule has 0 saturated carbocycles. The molecule has 2 unspecified atom stereocenters. The third-order valence-electron chi connectivity index (χ3n) is 3.39. The molecule has 7 heteroatoms. The number of amides is 1. The number of nitrogens with two attached hydrogens (primary N) is 1. The fourth-order valence-electron chi connectivity index (χ4n) is 1.89. The van der Waals surface area contributed by atoms with E-state index in [-0.39, 0.29) is 23.8 Å². The summed E-state index contributed by atoms with van der Waals surface area (Å²) in [4.78, 5) is 20.5. The average Bonchev–Trinajstić information content (AvgIpc) is 3.01. The molecule has 0 aromatic carbocycles. The van der Waals surface area contributed by atoms with Gasteiger partial charge in [0.1, 0.15) is 6.04 Å². The molecule has 0 spiro atoms. The molecule has 2 aromatic heterocycles. The highest BCUT2D eigenvalue weighted by Crippen LogP contribution is 2.23. The maximum Gasteiger partial charge on any atom is 0.249 e. The second-order valence-electron chi connectivity index (χ2n) is 5.56. The summed E-state index contributed by atoms with van der Waals surface area (Å²) in [6, 6.07) is 3.30. The van der Waals surface area contributed by atoms with Gasteiger partial charge in [-0.25, -0.2) is 0 Å². The van der Waals surface area contributed by atoms with Crippen molar-refractivity contribution < 1.29 is 9.32 Å². The molecule has 0 fully saturated rings. The molecular formula is C15H21N5O2. The van der Waals surface area contributed by atoms with E-state index < -0.39 is 0 Å². The Kier molecular flexibility index (Phi) is 5.21. The molecule has 22 heavy (non-hydrogen) atoms. The summed E-state index contributed by atoms with van der Waals surface area (Å²) in [6.07, 6.45) is 3.34. The van der Waals surface area contributed by atoms with Crippen molar-refractivity contribution >= 4 is 5.91 Å². The smallest absolute Gasteiger partial charge is 0.249 e. The quantitative estimate of drug-likeness (QED) is 0.838. The van der Waals surface area contributed by atoms with Gasteiger partial charge in [0.25, 0.3) is 0 Å². The Hall–Kier alpha value is -2.28. The molecule has 0 aliphatic heterocycles. The van der Waals surface area contributed by atoms with E-state index >= 15 is 0 Å². The molecule has 0 aliphatic rings. The van der Waals surface area contributed by atoms with Crippen LogP contribution in [0.5, 0.6) is 0 Å². The number of carbonyl (C=O) groups is 1. The van der Waals surface area contributed by atoms with Gasteiger partial charge >= 0.3 is 0 Å². The zero-order valence-corrected chi connectivity index (χ0v) is 13.0. The van der Waals surface area contributed by atoms with E-state index in [1.54, 1.807) is 25.4 Å². The molecule has 2 aromatic rings. The molecule has 0 saturated heterocycles. The SMILES string of the molecule is CC(CN)C(=O)NC(c1nc(-c2cccnc2)no1)C(C)C. The predicted molar refractivity (Wildman–Crippen MR) is 81.5 cm³/mol. The van der Waals surface area contributed by atoms with Crippen LogP contribution in [0.15, 0.2) is 29.0 Å². The minimum atomic E-state index is -0.348. The van der Waals surface area contributed by atoms with Crippen LogP contribution in [-0.2, 0) is 4.79 Å². The molecule has 118 valence electrons. The van der Waals surface area contributed by atoms with Crippen LogP contribution >= 0.6 is 0 Å². The highest BCUT2D eigenvalue weighted by molar-refractivity contribution is 5.78. The van der Waals surface area contributed by atoms with Crippen LogP contribution < -0.4 is 11.1 Å². The lowest BCUT2D eigenvalue weighted by Gasteiger charge is -2.20. The van der Waals surface area contributed by atoms with Gasteiger partial charge in [0, 0.05) is 30.4 Å². The van der Waals surface area contributed by atoms with Gasteiger partial charge in [0.05, 0.1) is 0 Å². The second kappa shape index (κ2) is 7.13. The minimum absolute atomic E-state index is 0.108. The topological polar surface area (TPSA) is 107 Å². The number of rotatable bonds is 6. The number of nitrogens with one attached hydrogen (secondary N) is 1. The maximum absolute atomic E-state index is 12.0. The molecule has 0 radical (unpaired) electrons. The van der Waals surface area contributed by atoms with E-state index in [9.17, 15) is 4.79 Å². The van der Waals surface area contributed by atoms with Crippen molar-refractivity contribution in [2.24, 2.45) is 17.6 Å². The predicted octanol–water partition coefficient (Wildman–Crippen LogP) is 1.54. The van der Waals surface area contributed by atoms with E-state index in [2.05, 4.69) is 20.4 Å². The molecule has 2 heterocycles. The first-order chi connectivity index (χ1) is 10.5. The van der Waals surface area contributed by atoms with Gasteiger partial charge < -0.3 is 15.6 Å². The minimum Gasteiger partial charge on any atom is -0.344 e. The number of hydrogen-bond donors (Lipinski definition) is 2. The molecule has 0 bridgehead atoms. The van der Waals surface area contributed by atoms with Crippen LogP contribution in [0, 0.1) is 11.8 Å². The number of nitrogens with zero attached hydrogens (tertiary/aromatic N) is 3. The first-order valence-corrected chi connectivity index (χ1v) is 7.27. The lowest BCUT2D eigenvalue weighted by molar-refractivity contribution is -0.125. The van der Waals surface area contributed by atoms with Crippen LogP contribution in [0.25, 0.3) is 11.4 Å². The van der Waals surface area contributed by atoms with Crippen molar-refractivity contribution in [2.75, 3.05) is 6.54 Å². The summed E-state index contributed by atoms with van der Waals surface area (Å²) in [5.41, 5.74) is 6.29. The Balaban J connectivity index is 2.20. The van der Waals surface area contributed by atoms with Crippen molar-refractivity contribution in [3.8, 4) is 11.4 Å². The lowest BCUT2D eigenvalue weighted by Crippen LogP contribution is -2.38. The fraction of sp³-hybridized carbons (Fsp3) is 0.467. The van der Waals surface area contributed by atoms with Gasteiger partial charge in [-0.3, -0.25) is 9.78 Å². The van der Waals surface area contributed by atoms with Crippen LogP contribution in [0.1, 0.15) is 32.7 Å². The zero-order valence-electron chi connectivity index (χ0n) is 13.0. The van der Waals surface area contributed by atoms with Crippen molar-refractivity contribution in [1.82, 2.24) is 20.4 Å². The van der Waals surface area contributed by atoms with E-state index in [4.69, 9.17) is 10.3 Å². The third kappa shape index (κ3) is 3.67. The van der Waals surface area contributed by atoms with Gasteiger partial charge in [0.15, 0.2) is 0 Å². The monoisotopic (exact) mass is 303 g/mol. The molecule has 2 atom stereocenters. The standard InChI is InChI=1S/C15H21N5O2/c1-9(2)12(18-14(21)10(3)7-16)15-19-13(20-22-15)11-5-4-6-17-8-11/h4-6,8-10,12H,7,16H2,1-3H3,(H,18,21).